The van der Waals surface area contributed by atoms with Crippen molar-refractivity contribution in [2.75, 3.05) is 13.7 Å². The van der Waals surface area contributed by atoms with Gasteiger partial charge in [0.25, 0.3) is 0 Å². The lowest BCUT2D eigenvalue weighted by molar-refractivity contribution is -0.123. The Kier molecular flexibility index (Phi) is 9.09. The van der Waals surface area contributed by atoms with Crippen LogP contribution >= 0.6 is 0 Å². The van der Waals surface area contributed by atoms with Crippen LogP contribution in [0.1, 0.15) is 46.5 Å². The number of carbonyl (C=O) groups is 1. The maximum absolute atomic E-state index is 11.7. The molecule has 0 saturated heterocycles. The monoisotopic (exact) mass is 244 g/mol. The number of hydrogen-bond donors (Lipinski definition) is 2. The maximum Gasteiger partial charge on any atom is 0.237 e. The standard InChI is InChI=1S/C13H28N2O2/c1-10(2)6-5-7-11(3)15-13(16)12(14)8-9-17-4/h10-12H,5-9,14H2,1-4H3,(H,15,16). The van der Waals surface area contributed by atoms with Crippen molar-refractivity contribution in [3.05, 3.63) is 0 Å². The second kappa shape index (κ2) is 9.42. The summed E-state index contributed by atoms with van der Waals surface area (Å²) in [7, 11) is 1.61. The van der Waals surface area contributed by atoms with E-state index < -0.39 is 6.04 Å². The third-order valence-electron chi connectivity index (χ3n) is 2.78. The average Bonchev–Trinajstić information content (AvgIpc) is 2.25. The number of amides is 1. The summed E-state index contributed by atoms with van der Waals surface area (Å²) in [6.45, 7) is 6.98. The Morgan fingerprint density at radius 1 is 1.24 bits per heavy atom. The smallest absolute Gasteiger partial charge is 0.237 e. The van der Waals surface area contributed by atoms with E-state index in [2.05, 4.69) is 19.2 Å². The molecule has 4 heteroatoms. The Bertz CT molecular complexity index is 208. The highest BCUT2D eigenvalue weighted by atomic mass is 16.5. The maximum atomic E-state index is 11.7. The highest BCUT2D eigenvalue weighted by Gasteiger charge is 2.15. The summed E-state index contributed by atoms with van der Waals surface area (Å²) >= 11 is 0. The van der Waals surface area contributed by atoms with Gasteiger partial charge in [0, 0.05) is 19.8 Å². The van der Waals surface area contributed by atoms with Gasteiger partial charge < -0.3 is 15.8 Å². The van der Waals surface area contributed by atoms with Crippen molar-refractivity contribution >= 4 is 5.91 Å². The van der Waals surface area contributed by atoms with Gasteiger partial charge in [-0.3, -0.25) is 4.79 Å². The van der Waals surface area contributed by atoms with Crippen LogP contribution in [-0.2, 0) is 9.53 Å². The Morgan fingerprint density at radius 3 is 2.41 bits per heavy atom. The number of nitrogens with one attached hydrogen (secondary N) is 1. The van der Waals surface area contributed by atoms with Crippen LogP contribution in [0.5, 0.6) is 0 Å². The lowest BCUT2D eigenvalue weighted by Gasteiger charge is -2.17. The molecule has 0 aromatic heterocycles. The van der Waals surface area contributed by atoms with Gasteiger partial charge in [0.05, 0.1) is 6.04 Å². The molecular formula is C13H28N2O2. The van der Waals surface area contributed by atoms with Crippen LogP contribution < -0.4 is 11.1 Å². The third-order valence-corrected chi connectivity index (χ3v) is 2.78. The Hall–Kier alpha value is -0.610. The molecule has 0 aromatic carbocycles. The summed E-state index contributed by atoms with van der Waals surface area (Å²) in [5, 5.41) is 2.94. The molecule has 1 amide bonds. The first-order valence-electron chi connectivity index (χ1n) is 6.52. The van der Waals surface area contributed by atoms with E-state index in [9.17, 15) is 4.79 Å². The molecule has 0 aliphatic rings. The van der Waals surface area contributed by atoms with Gasteiger partial charge >= 0.3 is 0 Å². The van der Waals surface area contributed by atoms with Gasteiger partial charge in [-0.05, 0) is 25.7 Å². The van der Waals surface area contributed by atoms with Gasteiger partial charge in [0.2, 0.25) is 5.91 Å². The van der Waals surface area contributed by atoms with Crippen molar-refractivity contribution in [1.29, 1.82) is 0 Å². The van der Waals surface area contributed by atoms with Crippen LogP contribution in [0.3, 0.4) is 0 Å². The molecule has 0 spiro atoms. The second-order valence-electron chi connectivity index (χ2n) is 5.12. The van der Waals surface area contributed by atoms with E-state index in [0.717, 1.165) is 18.8 Å². The zero-order valence-corrected chi connectivity index (χ0v) is 11.7. The molecule has 0 aliphatic heterocycles. The van der Waals surface area contributed by atoms with Crippen LogP contribution in [0.25, 0.3) is 0 Å². The molecule has 0 saturated carbocycles. The van der Waals surface area contributed by atoms with Crippen molar-refractivity contribution in [3.63, 3.8) is 0 Å². The number of ether oxygens (including phenoxy) is 1. The molecule has 17 heavy (non-hydrogen) atoms. The van der Waals surface area contributed by atoms with E-state index in [1.807, 2.05) is 6.92 Å². The first-order chi connectivity index (χ1) is 7.97. The number of hydrogen-bond acceptors (Lipinski definition) is 3. The van der Waals surface area contributed by atoms with Crippen LogP contribution in [0.2, 0.25) is 0 Å². The lowest BCUT2D eigenvalue weighted by atomic mass is 10.0. The van der Waals surface area contributed by atoms with Crippen LogP contribution in [0.4, 0.5) is 0 Å². The SMILES string of the molecule is COCCC(N)C(=O)NC(C)CCCC(C)C. The van der Waals surface area contributed by atoms with Gasteiger partial charge in [-0.2, -0.15) is 0 Å². The lowest BCUT2D eigenvalue weighted by Crippen LogP contribution is -2.44. The first kappa shape index (κ1) is 16.4. The average molecular weight is 244 g/mol. The van der Waals surface area contributed by atoms with E-state index in [-0.39, 0.29) is 11.9 Å². The highest BCUT2D eigenvalue weighted by molar-refractivity contribution is 5.81. The predicted octanol–water partition coefficient (Wildman–Crippen LogP) is 1.68. The molecule has 4 nitrogen and oxygen atoms in total. The van der Waals surface area contributed by atoms with E-state index in [4.69, 9.17) is 10.5 Å². The molecule has 0 radical (unpaired) electrons. The Labute approximate surface area is 105 Å². The summed E-state index contributed by atoms with van der Waals surface area (Å²) in [5.41, 5.74) is 5.74. The molecular weight excluding hydrogens is 216 g/mol. The number of nitrogens with two attached hydrogens (primary N) is 1. The molecule has 0 bridgehead atoms. The van der Waals surface area contributed by atoms with E-state index >= 15 is 0 Å². The van der Waals surface area contributed by atoms with Gasteiger partial charge in [-0.15, -0.1) is 0 Å². The molecule has 102 valence electrons. The minimum absolute atomic E-state index is 0.0703. The molecule has 0 heterocycles. The number of carbonyl (C=O) groups excluding carboxylic acids is 1. The minimum Gasteiger partial charge on any atom is -0.385 e. The van der Waals surface area contributed by atoms with Gasteiger partial charge in [-0.1, -0.05) is 26.7 Å². The van der Waals surface area contributed by atoms with Gasteiger partial charge in [0.15, 0.2) is 0 Å². The summed E-state index contributed by atoms with van der Waals surface area (Å²) in [6.07, 6.45) is 3.93. The van der Waals surface area contributed by atoms with Crippen molar-refractivity contribution in [3.8, 4) is 0 Å². The molecule has 0 rings (SSSR count). The van der Waals surface area contributed by atoms with Crippen molar-refractivity contribution < 1.29 is 9.53 Å². The third kappa shape index (κ3) is 9.12. The van der Waals surface area contributed by atoms with Crippen LogP contribution in [0, 0.1) is 5.92 Å². The van der Waals surface area contributed by atoms with Gasteiger partial charge in [0.1, 0.15) is 0 Å². The van der Waals surface area contributed by atoms with Gasteiger partial charge in [-0.25, -0.2) is 0 Å². The van der Waals surface area contributed by atoms with Crippen LogP contribution in [0.15, 0.2) is 0 Å². The fraction of sp³-hybridized carbons (Fsp3) is 0.923. The first-order valence-corrected chi connectivity index (χ1v) is 6.52. The summed E-state index contributed by atoms with van der Waals surface area (Å²) < 4.78 is 4.90. The van der Waals surface area contributed by atoms with Crippen molar-refractivity contribution in [2.45, 2.75) is 58.5 Å². The minimum atomic E-state index is -0.456. The Balaban J connectivity index is 3.71. The van der Waals surface area contributed by atoms with Crippen molar-refractivity contribution in [2.24, 2.45) is 11.7 Å². The molecule has 0 aromatic rings. The number of methoxy groups -OCH3 is 1. The van der Waals surface area contributed by atoms with E-state index in [0.29, 0.717) is 13.0 Å². The summed E-state index contributed by atoms with van der Waals surface area (Å²) in [5.74, 6) is 0.654. The summed E-state index contributed by atoms with van der Waals surface area (Å²) in [6, 6.07) is -0.252. The fourth-order valence-corrected chi connectivity index (χ4v) is 1.63. The largest absolute Gasteiger partial charge is 0.385 e. The molecule has 2 unspecified atom stereocenters. The van der Waals surface area contributed by atoms with Crippen LogP contribution in [-0.4, -0.2) is 31.7 Å². The van der Waals surface area contributed by atoms with E-state index in [1.54, 1.807) is 7.11 Å². The zero-order chi connectivity index (χ0) is 13.3. The molecule has 0 aliphatic carbocycles. The summed E-state index contributed by atoms with van der Waals surface area (Å²) in [4.78, 5) is 11.7. The highest BCUT2D eigenvalue weighted by Crippen LogP contribution is 2.08. The molecule has 2 atom stereocenters. The fourth-order valence-electron chi connectivity index (χ4n) is 1.63. The van der Waals surface area contributed by atoms with Crippen molar-refractivity contribution in [1.82, 2.24) is 5.32 Å². The quantitative estimate of drug-likeness (QED) is 0.648. The zero-order valence-electron chi connectivity index (χ0n) is 11.7. The second-order valence-corrected chi connectivity index (χ2v) is 5.12. The molecule has 3 N–H and O–H groups in total. The topological polar surface area (TPSA) is 64.3 Å². The Morgan fingerprint density at radius 2 is 1.88 bits per heavy atom. The van der Waals surface area contributed by atoms with E-state index in [1.165, 1.54) is 6.42 Å². The predicted molar refractivity (Wildman–Crippen MR) is 70.8 cm³/mol. The normalized spacial score (nSPS) is 14.7. The number of rotatable bonds is 9. The molecule has 0 fully saturated rings.